The van der Waals surface area contributed by atoms with E-state index in [9.17, 15) is 4.79 Å². The van der Waals surface area contributed by atoms with E-state index >= 15 is 0 Å². The SMILES string of the molecule is CCc1ccc2ncc(C(=O)OC)c(N)c2c1. The third-order valence-corrected chi connectivity index (χ3v) is 2.79. The summed E-state index contributed by atoms with van der Waals surface area (Å²) in [5, 5.41) is 0.798. The third kappa shape index (κ3) is 1.93. The summed E-state index contributed by atoms with van der Waals surface area (Å²) in [6, 6.07) is 5.88. The van der Waals surface area contributed by atoms with Crippen molar-refractivity contribution in [2.45, 2.75) is 13.3 Å². The van der Waals surface area contributed by atoms with Crippen molar-refractivity contribution in [1.29, 1.82) is 0 Å². The molecule has 17 heavy (non-hydrogen) atoms. The van der Waals surface area contributed by atoms with E-state index in [1.807, 2.05) is 18.2 Å². The molecule has 2 aromatic rings. The Bertz CT molecular complexity index is 579. The first-order valence-corrected chi connectivity index (χ1v) is 5.42. The van der Waals surface area contributed by atoms with Crippen LogP contribution < -0.4 is 5.73 Å². The minimum atomic E-state index is -0.459. The number of hydrogen-bond acceptors (Lipinski definition) is 4. The van der Waals surface area contributed by atoms with Crippen molar-refractivity contribution >= 4 is 22.6 Å². The summed E-state index contributed by atoms with van der Waals surface area (Å²) in [6.45, 7) is 2.06. The van der Waals surface area contributed by atoms with Crippen LogP contribution in [0.1, 0.15) is 22.8 Å². The van der Waals surface area contributed by atoms with Gasteiger partial charge in [-0.15, -0.1) is 0 Å². The van der Waals surface area contributed by atoms with Crippen LogP contribution >= 0.6 is 0 Å². The topological polar surface area (TPSA) is 65.2 Å². The molecule has 1 aromatic carbocycles. The number of carbonyl (C=O) groups is 1. The summed E-state index contributed by atoms with van der Waals surface area (Å²) in [6.07, 6.45) is 2.37. The number of pyridine rings is 1. The van der Waals surface area contributed by atoms with Crippen LogP contribution in [0.4, 0.5) is 5.69 Å². The molecule has 4 heteroatoms. The Labute approximate surface area is 99.4 Å². The highest BCUT2D eigenvalue weighted by atomic mass is 16.5. The summed E-state index contributed by atoms with van der Waals surface area (Å²) in [5.41, 5.74) is 8.66. The lowest BCUT2D eigenvalue weighted by atomic mass is 10.1. The van der Waals surface area contributed by atoms with Crippen molar-refractivity contribution in [1.82, 2.24) is 4.98 Å². The summed E-state index contributed by atoms with van der Waals surface area (Å²) in [5.74, 6) is -0.459. The van der Waals surface area contributed by atoms with Crippen LogP contribution in [0.2, 0.25) is 0 Å². The van der Waals surface area contributed by atoms with Crippen LogP contribution in [-0.4, -0.2) is 18.1 Å². The second-order valence-corrected chi connectivity index (χ2v) is 3.78. The van der Waals surface area contributed by atoms with E-state index in [1.165, 1.54) is 13.3 Å². The number of fused-ring (bicyclic) bond motifs is 1. The molecular formula is C13H14N2O2. The summed E-state index contributed by atoms with van der Waals surface area (Å²) in [7, 11) is 1.33. The maximum Gasteiger partial charge on any atom is 0.341 e. The molecule has 0 saturated heterocycles. The van der Waals surface area contributed by atoms with Crippen molar-refractivity contribution in [3.8, 4) is 0 Å². The zero-order valence-corrected chi connectivity index (χ0v) is 9.86. The van der Waals surface area contributed by atoms with E-state index in [-0.39, 0.29) is 0 Å². The van der Waals surface area contributed by atoms with Crippen molar-refractivity contribution in [3.63, 3.8) is 0 Å². The van der Waals surface area contributed by atoms with Gasteiger partial charge >= 0.3 is 5.97 Å². The number of rotatable bonds is 2. The van der Waals surface area contributed by atoms with E-state index < -0.39 is 5.97 Å². The van der Waals surface area contributed by atoms with Crippen molar-refractivity contribution < 1.29 is 9.53 Å². The average Bonchev–Trinajstić information content (AvgIpc) is 2.38. The largest absolute Gasteiger partial charge is 0.465 e. The number of benzene rings is 1. The maximum atomic E-state index is 11.5. The molecule has 0 radical (unpaired) electrons. The molecule has 0 unspecified atom stereocenters. The number of methoxy groups -OCH3 is 1. The Kier molecular flexibility index (Phi) is 2.95. The fraction of sp³-hybridized carbons (Fsp3) is 0.231. The second-order valence-electron chi connectivity index (χ2n) is 3.78. The van der Waals surface area contributed by atoms with Crippen LogP contribution in [0.3, 0.4) is 0 Å². The van der Waals surface area contributed by atoms with E-state index in [4.69, 9.17) is 5.73 Å². The Balaban J connectivity index is 2.68. The zero-order valence-electron chi connectivity index (χ0n) is 9.86. The van der Waals surface area contributed by atoms with Crippen LogP contribution in [-0.2, 0) is 11.2 Å². The van der Waals surface area contributed by atoms with Gasteiger partial charge in [-0.2, -0.15) is 0 Å². The fourth-order valence-electron chi connectivity index (χ4n) is 1.75. The van der Waals surface area contributed by atoms with Gasteiger partial charge in [0.2, 0.25) is 0 Å². The molecule has 0 aliphatic carbocycles. The molecule has 0 amide bonds. The highest BCUT2D eigenvalue weighted by molar-refractivity contribution is 6.04. The summed E-state index contributed by atoms with van der Waals surface area (Å²) in [4.78, 5) is 15.7. The van der Waals surface area contributed by atoms with Crippen LogP contribution in [0.15, 0.2) is 24.4 Å². The van der Waals surface area contributed by atoms with Crippen LogP contribution in [0.5, 0.6) is 0 Å². The number of esters is 1. The lowest BCUT2D eigenvalue weighted by Gasteiger charge is -2.07. The van der Waals surface area contributed by atoms with Gasteiger partial charge in [0.05, 0.1) is 18.3 Å². The van der Waals surface area contributed by atoms with Gasteiger partial charge in [-0.25, -0.2) is 4.79 Å². The standard InChI is InChI=1S/C13H14N2O2/c1-3-8-4-5-11-9(6-8)12(14)10(7-15-11)13(16)17-2/h4-7H,3H2,1-2H3,(H2,14,15). The van der Waals surface area contributed by atoms with Crippen molar-refractivity contribution in [2.75, 3.05) is 12.8 Å². The highest BCUT2D eigenvalue weighted by Gasteiger charge is 2.13. The van der Waals surface area contributed by atoms with Crippen molar-refractivity contribution in [2.24, 2.45) is 0 Å². The zero-order chi connectivity index (χ0) is 12.4. The fourth-order valence-corrected chi connectivity index (χ4v) is 1.75. The van der Waals surface area contributed by atoms with Gasteiger partial charge in [-0.05, 0) is 24.1 Å². The summed E-state index contributed by atoms with van der Waals surface area (Å²) >= 11 is 0. The molecule has 0 spiro atoms. The lowest BCUT2D eigenvalue weighted by Crippen LogP contribution is -2.07. The third-order valence-electron chi connectivity index (χ3n) is 2.79. The quantitative estimate of drug-likeness (QED) is 0.803. The first-order valence-electron chi connectivity index (χ1n) is 5.42. The van der Waals surface area contributed by atoms with Gasteiger partial charge in [0.1, 0.15) is 5.56 Å². The van der Waals surface area contributed by atoms with Crippen LogP contribution in [0, 0.1) is 0 Å². The molecule has 1 heterocycles. The normalized spacial score (nSPS) is 10.5. The van der Waals surface area contributed by atoms with E-state index in [0.717, 1.165) is 22.9 Å². The predicted octanol–water partition coefficient (Wildman–Crippen LogP) is 2.17. The minimum absolute atomic E-state index is 0.313. The molecule has 0 saturated carbocycles. The molecule has 88 valence electrons. The van der Waals surface area contributed by atoms with Crippen molar-refractivity contribution in [3.05, 3.63) is 35.5 Å². The molecule has 2 rings (SSSR count). The number of aryl methyl sites for hydroxylation is 1. The monoisotopic (exact) mass is 230 g/mol. The molecule has 1 aromatic heterocycles. The Morgan fingerprint density at radius 2 is 2.24 bits per heavy atom. The number of nitrogens with zero attached hydrogens (tertiary/aromatic N) is 1. The first-order chi connectivity index (χ1) is 8.17. The maximum absolute atomic E-state index is 11.5. The van der Waals surface area contributed by atoms with E-state index in [1.54, 1.807) is 0 Å². The average molecular weight is 230 g/mol. The first kappa shape index (κ1) is 11.4. The van der Waals surface area contributed by atoms with Gasteiger partial charge in [0.15, 0.2) is 0 Å². The number of carbonyl (C=O) groups excluding carboxylic acids is 1. The molecule has 4 nitrogen and oxygen atoms in total. The number of nitrogen functional groups attached to an aromatic ring is 1. The number of hydrogen-bond donors (Lipinski definition) is 1. The molecule has 0 atom stereocenters. The lowest BCUT2D eigenvalue weighted by molar-refractivity contribution is 0.0601. The Morgan fingerprint density at radius 1 is 1.47 bits per heavy atom. The minimum Gasteiger partial charge on any atom is -0.465 e. The van der Waals surface area contributed by atoms with E-state index in [0.29, 0.717) is 11.3 Å². The molecule has 0 aliphatic rings. The number of anilines is 1. The predicted molar refractivity (Wildman–Crippen MR) is 66.9 cm³/mol. The van der Waals surface area contributed by atoms with Gasteiger partial charge < -0.3 is 10.5 Å². The highest BCUT2D eigenvalue weighted by Crippen LogP contribution is 2.24. The number of ether oxygens (including phenoxy) is 1. The number of aromatic nitrogens is 1. The molecule has 0 aliphatic heterocycles. The summed E-state index contributed by atoms with van der Waals surface area (Å²) < 4.78 is 4.66. The van der Waals surface area contributed by atoms with Crippen LogP contribution in [0.25, 0.3) is 10.9 Å². The smallest absolute Gasteiger partial charge is 0.341 e. The van der Waals surface area contributed by atoms with Gasteiger partial charge in [0.25, 0.3) is 0 Å². The second kappa shape index (κ2) is 4.41. The molecule has 0 bridgehead atoms. The number of nitrogens with two attached hydrogens (primary N) is 1. The molecule has 0 fully saturated rings. The van der Waals surface area contributed by atoms with Gasteiger partial charge in [-0.1, -0.05) is 13.0 Å². The Hall–Kier alpha value is -2.10. The molecule has 2 N–H and O–H groups in total. The Morgan fingerprint density at radius 3 is 2.88 bits per heavy atom. The molecular weight excluding hydrogens is 216 g/mol. The van der Waals surface area contributed by atoms with E-state index in [2.05, 4.69) is 16.6 Å². The van der Waals surface area contributed by atoms with Gasteiger partial charge in [0, 0.05) is 11.6 Å². The van der Waals surface area contributed by atoms with Gasteiger partial charge in [-0.3, -0.25) is 4.98 Å².